The third kappa shape index (κ3) is 3.53. The van der Waals surface area contributed by atoms with E-state index in [9.17, 15) is 4.79 Å². The quantitative estimate of drug-likeness (QED) is 0.807. The third-order valence-corrected chi connectivity index (χ3v) is 2.09. The van der Waals surface area contributed by atoms with Crippen LogP contribution in [0.25, 0.3) is 0 Å². The number of nitrogens with two attached hydrogens (primary N) is 1. The van der Waals surface area contributed by atoms with E-state index in [1.807, 2.05) is 0 Å². The Balaban J connectivity index is 2.71. The van der Waals surface area contributed by atoms with Crippen molar-refractivity contribution < 1.29 is 9.53 Å². The van der Waals surface area contributed by atoms with Crippen molar-refractivity contribution in [2.75, 3.05) is 0 Å². The number of hydrogen-bond acceptors (Lipinski definition) is 3. The lowest BCUT2D eigenvalue weighted by molar-refractivity contribution is -0.149. The zero-order valence-corrected chi connectivity index (χ0v) is 9.49. The molecular weight excluding hydrogens is 214 g/mol. The Morgan fingerprint density at radius 1 is 1.33 bits per heavy atom. The second-order valence-electron chi connectivity index (χ2n) is 3.51. The second kappa shape index (κ2) is 5.14. The molecule has 0 fully saturated rings. The third-order valence-electron chi connectivity index (χ3n) is 1.83. The van der Waals surface area contributed by atoms with Gasteiger partial charge >= 0.3 is 5.97 Å². The van der Waals surface area contributed by atoms with Gasteiger partial charge in [-0.15, -0.1) is 0 Å². The van der Waals surface area contributed by atoms with E-state index >= 15 is 0 Å². The molecule has 0 aromatic heterocycles. The molecule has 0 radical (unpaired) electrons. The lowest BCUT2D eigenvalue weighted by Gasteiger charge is -2.13. The molecule has 0 aliphatic heterocycles. The first kappa shape index (κ1) is 12.0. The summed E-state index contributed by atoms with van der Waals surface area (Å²) in [5.41, 5.74) is 6.42. The summed E-state index contributed by atoms with van der Waals surface area (Å²) in [6.45, 7) is 3.57. The lowest BCUT2D eigenvalue weighted by Crippen LogP contribution is -2.25. The zero-order chi connectivity index (χ0) is 11.4. The highest BCUT2D eigenvalue weighted by Gasteiger charge is 2.18. The molecule has 0 saturated carbocycles. The Kier molecular flexibility index (Phi) is 4.12. The Morgan fingerprint density at radius 3 is 2.33 bits per heavy atom. The van der Waals surface area contributed by atoms with Gasteiger partial charge < -0.3 is 10.5 Å². The van der Waals surface area contributed by atoms with E-state index in [1.165, 1.54) is 0 Å². The predicted octanol–water partition coefficient (Wildman–Crippen LogP) is 2.29. The van der Waals surface area contributed by atoms with E-state index in [1.54, 1.807) is 38.1 Å². The molecule has 2 N–H and O–H groups in total. The zero-order valence-electron chi connectivity index (χ0n) is 8.74. The summed E-state index contributed by atoms with van der Waals surface area (Å²) in [5.74, 6) is -0.424. The molecule has 0 aliphatic rings. The Hall–Kier alpha value is -1.06. The average Bonchev–Trinajstić information content (AvgIpc) is 2.17. The molecule has 0 aliphatic carbocycles. The number of rotatable bonds is 3. The Labute approximate surface area is 94.2 Å². The molecule has 1 atom stereocenters. The van der Waals surface area contributed by atoms with E-state index in [0.717, 1.165) is 0 Å². The predicted molar refractivity (Wildman–Crippen MR) is 59.6 cm³/mol. The number of halogens is 1. The van der Waals surface area contributed by atoms with Crippen LogP contribution in [-0.2, 0) is 9.53 Å². The summed E-state index contributed by atoms with van der Waals surface area (Å²) < 4.78 is 5.00. The fraction of sp³-hybridized carbons (Fsp3) is 0.364. The first-order valence-corrected chi connectivity index (χ1v) is 5.10. The molecule has 0 heterocycles. The van der Waals surface area contributed by atoms with Gasteiger partial charge in [0.1, 0.15) is 6.04 Å². The van der Waals surface area contributed by atoms with Gasteiger partial charge in [-0.3, -0.25) is 0 Å². The van der Waals surface area contributed by atoms with Crippen LogP contribution >= 0.6 is 11.6 Å². The number of esters is 1. The summed E-state index contributed by atoms with van der Waals surface area (Å²) in [6, 6.07) is 6.08. The van der Waals surface area contributed by atoms with E-state index in [-0.39, 0.29) is 6.10 Å². The molecule has 1 aromatic carbocycles. The molecule has 15 heavy (non-hydrogen) atoms. The molecule has 1 rings (SSSR count). The van der Waals surface area contributed by atoms with Gasteiger partial charge in [-0.05, 0) is 31.5 Å². The highest BCUT2D eigenvalue weighted by molar-refractivity contribution is 6.30. The van der Waals surface area contributed by atoms with Crippen LogP contribution in [0.2, 0.25) is 5.02 Å². The summed E-state index contributed by atoms with van der Waals surface area (Å²) in [5, 5.41) is 0.614. The molecule has 0 spiro atoms. The first-order valence-electron chi connectivity index (χ1n) is 4.72. The van der Waals surface area contributed by atoms with Gasteiger partial charge in [0, 0.05) is 5.02 Å². The number of carbonyl (C=O) groups excluding carboxylic acids is 1. The van der Waals surface area contributed by atoms with Gasteiger partial charge in [0.15, 0.2) is 0 Å². The molecule has 0 amide bonds. The summed E-state index contributed by atoms with van der Waals surface area (Å²) in [6.07, 6.45) is -0.157. The summed E-state index contributed by atoms with van der Waals surface area (Å²) in [7, 11) is 0. The fourth-order valence-corrected chi connectivity index (χ4v) is 1.24. The minimum atomic E-state index is -0.746. The highest BCUT2D eigenvalue weighted by atomic mass is 35.5. The smallest absolute Gasteiger partial charge is 0.327 e. The Morgan fingerprint density at radius 2 is 1.87 bits per heavy atom. The van der Waals surface area contributed by atoms with Crippen molar-refractivity contribution in [3.05, 3.63) is 34.9 Å². The normalized spacial score (nSPS) is 12.6. The Bertz CT molecular complexity index is 335. The number of carbonyl (C=O) groups is 1. The van der Waals surface area contributed by atoms with Crippen molar-refractivity contribution in [1.29, 1.82) is 0 Å². The molecule has 0 bridgehead atoms. The molecule has 1 unspecified atom stereocenters. The average molecular weight is 228 g/mol. The molecule has 82 valence electrons. The van der Waals surface area contributed by atoms with Crippen LogP contribution in [0.1, 0.15) is 25.5 Å². The molecule has 0 saturated heterocycles. The van der Waals surface area contributed by atoms with Gasteiger partial charge in [0.25, 0.3) is 0 Å². The maximum absolute atomic E-state index is 11.5. The standard InChI is InChI=1S/C11H14ClNO2/c1-7(2)15-11(14)10(13)8-3-5-9(12)6-4-8/h3-7,10H,13H2,1-2H3. The van der Waals surface area contributed by atoms with Crippen molar-refractivity contribution in [3.63, 3.8) is 0 Å². The monoisotopic (exact) mass is 227 g/mol. The van der Waals surface area contributed by atoms with Gasteiger partial charge in [-0.25, -0.2) is 4.79 Å². The molecular formula is C11H14ClNO2. The van der Waals surface area contributed by atoms with E-state index in [2.05, 4.69) is 0 Å². The van der Waals surface area contributed by atoms with E-state index in [4.69, 9.17) is 22.1 Å². The van der Waals surface area contributed by atoms with Crippen LogP contribution in [0, 0.1) is 0 Å². The van der Waals surface area contributed by atoms with Crippen LogP contribution in [-0.4, -0.2) is 12.1 Å². The van der Waals surface area contributed by atoms with Crippen LogP contribution < -0.4 is 5.73 Å². The van der Waals surface area contributed by atoms with Crippen molar-refractivity contribution in [2.45, 2.75) is 26.0 Å². The van der Waals surface area contributed by atoms with Crippen molar-refractivity contribution in [2.24, 2.45) is 5.73 Å². The van der Waals surface area contributed by atoms with Crippen LogP contribution in [0.5, 0.6) is 0 Å². The van der Waals surface area contributed by atoms with E-state index < -0.39 is 12.0 Å². The lowest BCUT2D eigenvalue weighted by atomic mass is 10.1. The SMILES string of the molecule is CC(C)OC(=O)C(N)c1ccc(Cl)cc1. The maximum Gasteiger partial charge on any atom is 0.327 e. The number of hydrogen-bond donors (Lipinski definition) is 1. The number of benzene rings is 1. The summed E-state index contributed by atoms with van der Waals surface area (Å²) >= 11 is 5.72. The van der Waals surface area contributed by atoms with Crippen molar-refractivity contribution in [1.82, 2.24) is 0 Å². The minimum Gasteiger partial charge on any atom is -0.462 e. The van der Waals surface area contributed by atoms with Crippen molar-refractivity contribution in [3.8, 4) is 0 Å². The van der Waals surface area contributed by atoms with Gasteiger partial charge in [-0.2, -0.15) is 0 Å². The van der Waals surface area contributed by atoms with Crippen molar-refractivity contribution >= 4 is 17.6 Å². The van der Waals surface area contributed by atoms with Gasteiger partial charge in [0.2, 0.25) is 0 Å². The topological polar surface area (TPSA) is 52.3 Å². The molecule has 1 aromatic rings. The minimum absolute atomic E-state index is 0.157. The van der Waals surface area contributed by atoms with Crippen LogP contribution in [0.15, 0.2) is 24.3 Å². The van der Waals surface area contributed by atoms with Crippen LogP contribution in [0.3, 0.4) is 0 Å². The second-order valence-corrected chi connectivity index (χ2v) is 3.95. The van der Waals surface area contributed by atoms with Gasteiger partial charge in [-0.1, -0.05) is 23.7 Å². The first-order chi connectivity index (χ1) is 7.00. The van der Waals surface area contributed by atoms with E-state index in [0.29, 0.717) is 10.6 Å². The maximum atomic E-state index is 11.5. The van der Waals surface area contributed by atoms with Gasteiger partial charge in [0.05, 0.1) is 6.10 Å². The summed E-state index contributed by atoms with van der Waals surface area (Å²) in [4.78, 5) is 11.5. The fourth-order valence-electron chi connectivity index (χ4n) is 1.11. The highest BCUT2D eigenvalue weighted by Crippen LogP contribution is 2.16. The molecule has 4 heteroatoms. The number of ether oxygens (including phenoxy) is 1. The largest absolute Gasteiger partial charge is 0.462 e. The molecule has 3 nitrogen and oxygen atoms in total. The van der Waals surface area contributed by atoms with Crippen LogP contribution in [0.4, 0.5) is 0 Å².